The highest BCUT2D eigenvalue weighted by Crippen LogP contribution is 2.12. The van der Waals surface area contributed by atoms with E-state index in [0.29, 0.717) is 12.2 Å². The molecule has 0 fully saturated rings. The van der Waals surface area contributed by atoms with Gasteiger partial charge in [0.25, 0.3) is 0 Å². The Hall–Kier alpha value is -1.24. The average molecular weight is 226 g/mol. The molecule has 0 saturated carbocycles. The summed E-state index contributed by atoms with van der Waals surface area (Å²) in [5.41, 5.74) is 0.947. The molecule has 1 N–H and O–H groups in total. The van der Waals surface area contributed by atoms with Crippen LogP contribution in [-0.2, 0) is 6.42 Å². The van der Waals surface area contributed by atoms with Crippen LogP contribution in [0.3, 0.4) is 0 Å². The zero-order valence-electron chi connectivity index (χ0n) is 8.19. The molecule has 0 aromatic heterocycles. The van der Waals surface area contributed by atoms with Gasteiger partial charge in [0.05, 0.1) is 18.4 Å². The first kappa shape index (κ1) is 11.8. The SMILES string of the molecule is N#CCc1ccc(OCC(O)CCl)cc1. The van der Waals surface area contributed by atoms with Gasteiger partial charge in [0, 0.05) is 0 Å². The summed E-state index contributed by atoms with van der Waals surface area (Å²) < 4.78 is 5.27. The number of aliphatic hydroxyl groups excluding tert-OH is 1. The van der Waals surface area contributed by atoms with Crippen molar-refractivity contribution in [1.82, 2.24) is 0 Å². The van der Waals surface area contributed by atoms with Crippen LogP contribution in [0.15, 0.2) is 24.3 Å². The van der Waals surface area contributed by atoms with Crippen LogP contribution in [0.5, 0.6) is 5.75 Å². The van der Waals surface area contributed by atoms with Crippen molar-refractivity contribution in [3.63, 3.8) is 0 Å². The Labute approximate surface area is 93.9 Å². The molecule has 15 heavy (non-hydrogen) atoms. The predicted octanol–water partition coefficient (Wildman–Crippen LogP) is 1.73. The molecule has 0 aliphatic carbocycles. The molecule has 3 nitrogen and oxygen atoms in total. The van der Waals surface area contributed by atoms with Crippen molar-refractivity contribution < 1.29 is 9.84 Å². The fraction of sp³-hybridized carbons (Fsp3) is 0.364. The summed E-state index contributed by atoms with van der Waals surface area (Å²) in [4.78, 5) is 0. The minimum atomic E-state index is -0.648. The van der Waals surface area contributed by atoms with Gasteiger partial charge < -0.3 is 9.84 Å². The van der Waals surface area contributed by atoms with Crippen LogP contribution >= 0.6 is 11.6 Å². The summed E-state index contributed by atoms with van der Waals surface area (Å²) in [5, 5.41) is 17.6. The third-order valence-electron chi connectivity index (χ3n) is 1.83. The number of hydrogen-bond donors (Lipinski definition) is 1. The lowest BCUT2D eigenvalue weighted by atomic mass is 10.2. The highest BCUT2D eigenvalue weighted by molar-refractivity contribution is 6.18. The monoisotopic (exact) mass is 225 g/mol. The van der Waals surface area contributed by atoms with E-state index in [4.69, 9.17) is 26.7 Å². The lowest BCUT2D eigenvalue weighted by Gasteiger charge is -2.09. The van der Waals surface area contributed by atoms with Crippen LogP contribution in [0.1, 0.15) is 5.56 Å². The molecular formula is C11H12ClNO2. The number of hydrogen-bond acceptors (Lipinski definition) is 3. The Morgan fingerprint density at radius 2 is 2.07 bits per heavy atom. The second kappa shape index (κ2) is 6.28. The molecule has 0 heterocycles. The van der Waals surface area contributed by atoms with Gasteiger partial charge in [-0.2, -0.15) is 5.26 Å². The number of halogens is 1. The summed E-state index contributed by atoms with van der Waals surface area (Å²) in [5.74, 6) is 0.827. The summed E-state index contributed by atoms with van der Waals surface area (Å²) >= 11 is 5.42. The van der Waals surface area contributed by atoms with Crippen molar-refractivity contribution in [3.05, 3.63) is 29.8 Å². The van der Waals surface area contributed by atoms with Crippen molar-refractivity contribution in [1.29, 1.82) is 5.26 Å². The lowest BCUT2D eigenvalue weighted by molar-refractivity contribution is 0.125. The summed E-state index contributed by atoms with van der Waals surface area (Å²) in [7, 11) is 0. The molecule has 1 atom stereocenters. The largest absolute Gasteiger partial charge is 0.491 e. The Bertz CT molecular complexity index is 331. The van der Waals surface area contributed by atoms with E-state index < -0.39 is 6.10 Å². The average Bonchev–Trinajstić information content (AvgIpc) is 2.28. The van der Waals surface area contributed by atoms with Gasteiger partial charge in [-0.1, -0.05) is 12.1 Å². The van der Waals surface area contributed by atoms with Gasteiger partial charge in [-0.05, 0) is 17.7 Å². The third-order valence-corrected chi connectivity index (χ3v) is 2.18. The number of nitriles is 1. The van der Waals surface area contributed by atoms with Gasteiger partial charge in [-0.25, -0.2) is 0 Å². The van der Waals surface area contributed by atoms with Gasteiger partial charge >= 0.3 is 0 Å². The number of aliphatic hydroxyl groups is 1. The Kier molecular flexibility index (Phi) is 4.96. The van der Waals surface area contributed by atoms with Gasteiger partial charge in [0.2, 0.25) is 0 Å². The van der Waals surface area contributed by atoms with E-state index in [1.807, 2.05) is 12.1 Å². The number of alkyl halides is 1. The number of ether oxygens (including phenoxy) is 1. The Balaban J connectivity index is 2.46. The maximum atomic E-state index is 9.16. The van der Waals surface area contributed by atoms with E-state index in [-0.39, 0.29) is 12.5 Å². The highest BCUT2D eigenvalue weighted by atomic mass is 35.5. The minimum Gasteiger partial charge on any atom is -0.491 e. The van der Waals surface area contributed by atoms with E-state index in [1.165, 1.54) is 0 Å². The molecule has 1 aromatic carbocycles. The Morgan fingerprint density at radius 3 is 2.60 bits per heavy atom. The van der Waals surface area contributed by atoms with Crippen LogP contribution in [0.2, 0.25) is 0 Å². The topological polar surface area (TPSA) is 53.2 Å². The standard InChI is InChI=1S/C11H12ClNO2/c12-7-10(14)8-15-11-3-1-9(2-4-11)5-6-13/h1-4,10,14H,5,7-8H2. The molecule has 1 rings (SSSR count). The van der Waals surface area contributed by atoms with Gasteiger partial charge in [0.1, 0.15) is 18.5 Å². The van der Waals surface area contributed by atoms with Crippen LogP contribution < -0.4 is 4.74 Å². The van der Waals surface area contributed by atoms with Crippen molar-refractivity contribution in [2.24, 2.45) is 0 Å². The van der Waals surface area contributed by atoms with Crippen LogP contribution in [0.4, 0.5) is 0 Å². The van der Waals surface area contributed by atoms with Gasteiger partial charge in [0.15, 0.2) is 0 Å². The Morgan fingerprint density at radius 1 is 1.40 bits per heavy atom. The van der Waals surface area contributed by atoms with Crippen LogP contribution in [0.25, 0.3) is 0 Å². The van der Waals surface area contributed by atoms with Gasteiger partial charge in [-0.3, -0.25) is 0 Å². The van der Waals surface area contributed by atoms with E-state index in [1.54, 1.807) is 12.1 Å². The van der Waals surface area contributed by atoms with Crippen molar-refractivity contribution in [2.75, 3.05) is 12.5 Å². The fourth-order valence-corrected chi connectivity index (χ4v) is 1.12. The zero-order chi connectivity index (χ0) is 11.1. The maximum absolute atomic E-state index is 9.16. The predicted molar refractivity (Wildman–Crippen MR) is 58.0 cm³/mol. The molecule has 0 bridgehead atoms. The summed E-state index contributed by atoms with van der Waals surface area (Å²) in [6.45, 7) is 0.182. The molecule has 80 valence electrons. The van der Waals surface area contributed by atoms with E-state index in [0.717, 1.165) is 5.56 Å². The maximum Gasteiger partial charge on any atom is 0.119 e. The number of nitrogens with zero attached hydrogens (tertiary/aromatic N) is 1. The molecule has 0 amide bonds. The fourth-order valence-electron chi connectivity index (χ4n) is 1.03. The quantitative estimate of drug-likeness (QED) is 0.777. The normalized spacial score (nSPS) is 11.8. The lowest BCUT2D eigenvalue weighted by Crippen LogP contribution is -2.18. The van der Waals surface area contributed by atoms with Crippen molar-refractivity contribution in [2.45, 2.75) is 12.5 Å². The first-order chi connectivity index (χ1) is 7.26. The van der Waals surface area contributed by atoms with E-state index >= 15 is 0 Å². The molecule has 0 saturated heterocycles. The second-order valence-corrected chi connectivity index (χ2v) is 3.41. The summed E-state index contributed by atoms with van der Waals surface area (Å²) in [6, 6.07) is 9.26. The molecule has 0 aliphatic rings. The van der Waals surface area contributed by atoms with Crippen molar-refractivity contribution >= 4 is 11.6 Å². The molecular weight excluding hydrogens is 214 g/mol. The number of rotatable bonds is 5. The third kappa shape index (κ3) is 4.20. The second-order valence-electron chi connectivity index (χ2n) is 3.10. The van der Waals surface area contributed by atoms with E-state index in [9.17, 15) is 0 Å². The molecule has 0 spiro atoms. The van der Waals surface area contributed by atoms with Crippen LogP contribution in [-0.4, -0.2) is 23.7 Å². The van der Waals surface area contributed by atoms with E-state index in [2.05, 4.69) is 6.07 Å². The smallest absolute Gasteiger partial charge is 0.119 e. The highest BCUT2D eigenvalue weighted by Gasteiger charge is 2.02. The summed E-state index contributed by atoms with van der Waals surface area (Å²) in [6.07, 6.45) is -0.254. The van der Waals surface area contributed by atoms with Crippen LogP contribution in [0, 0.1) is 11.3 Å². The molecule has 4 heteroatoms. The first-order valence-electron chi connectivity index (χ1n) is 4.59. The van der Waals surface area contributed by atoms with Gasteiger partial charge in [-0.15, -0.1) is 11.6 Å². The first-order valence-corrected chi connectivity index (χ1v) is 5.12. The molecule has 0 radical (unpaired) electrons. The molecule has 1 aromatic rings. The zero-order valence-corrected chi connectivity index (χ0v) is 8.94. The van der Waals surface area contributed by atoms with Crippen molar-refractivity contribution in [3.8, 4) is 11.8 Å². The minimum absolute atomic E-state index is 0.159. The number of benzene rings is 1. The molecule has 1 unspecified atom stereocenters. The molecule has 0 aliphatic heterocycles.